The molecule has 92 valence electrons. The Bertz CT molecular complexity index is 699. The average molecular weight is 312 g/mol. The summed E-state index contributed by atoms with van der Waals surface area (Å²) in [5, 5.41) is 0. The van der Waals surface area contributed by atoms with Crippen molar-refractivity contribution >= 4 is 15.9 Å². The summed E-state index contributed by atoms with van der Waals surface area (Å²) in [5.74, 6) is 0. The van der Waals surface area contributed by atoms with Crippen molar-refractivity contribution in [2.75, 3.05) is 0 Å². The molecule has 0 unspecified atom stereocenters. The van der Waals surface area contributed by atoms with E-state index in [0.29, 0.717) is 0 Å². The molecule has 0 bridgehead atoms. The Morgan fingerprint density at radius 1 is 0.737 bits per heavy atom. The Kier molecular flexibility index (Phi) is 3.33. The van der Waals surface area contributed by atoms with Crippen LogP contribution < -0.4 is 0 Å². The maximum absolute atomic E-state index is 4.44. The van der Waals surface area contributed by atoms with Gasteiger partial charge in [0.2, 0.25) is 0 Å². The predicted octanol–water partition coefficient (Wildman–Crippen LogP) is 3.97. The van der Waals surface area contributed by atoms with E-state index in [1.54, 1.807) is 18.6 Å². The maximum Gasteiger partial charge on any atom is 0.0980 e. The highest BCUT2D eigenvalue weighted by Crippen LogP contribution is 2.28. The summed E-state index contributed by atoms with van der Waals surface area (Å²) in [4.78, 5) is 13.2. The largest absolute Gasteiger partial charge is 0.256 e. The van der Waals surface area contributed by atoms with Gasteiger partial charge in [-0.2, -0.15) is 0 Å². The van der Waals surface area contributed by atoms with Crippen molar-refractivity contribution in [1.82, 2.24) is 15.0 Å². The molecule has 0 fully saturated rings. The van der Waals surface area contributed by atoms with Crippen LogP contribution in [0.25, 0.3) is 22.6 Å². The summed E-state index contributed by atoms with van der Waals surface area (Å²) < 4.78 is 0.982. The van der Waals surface area contributed by atoms with Gasteiger partial charge < -0.3 is 0 Å². The molecule has 3 heterocycles. The van der Waals surface area contributed by atoms with Crippen LogP contribution in [0, 0.1) is 0 Å². The number of hydrogen-bond donors (Lipinski definition) is 0. The molecule has 0 spiro atoms. The minimum Gasteiger partial charge on any atom is -0.256 e. The van der Waals surface area contributed by atoms with Gasteiger partial charge in [-0.15, -0.1) is 0 Å². The summed E-state index contributed by atoms with van der Waals surface area (Å²) >= 11 is 3.46. The standard InChI is InChI=1S/C15H10BrN3/c16-11-6-9-18-14(10-11)15-12(4-3-8-19-15)13-5-1-2-7-17-13/h1-10H. The summed E-state index contributed by atoms with van der Waals surface area (Å²) in [6, 6.07) is 13.6. The normalized spacial score (nSPS) is 10.4. The molecule has 0 N–H and O–H groups in total. The van der Waals surface area contributed by atoms with E-state index in [1.165, 1.54) is 0 Å². The molecule has 0 amide bonds. The quantitative estimate of drug-likeness (QED) is 0.719. The highest BCUT2D eigenvalue weighted by molar-refractivity contribution is 9.10. The van der Waals surface area contributed by atoms with Gasteiger partial charge >= 0.3 is 0 Å². The molecule has 0 aromatic carbocycles. The Morgan fingerprint density at radius 3 is 2.37 bits per heavy atom. The van der Waals surface area contributed by atoms with E-state index in [9.17, 15) is 0 Å². The topological polar surface area (TPSA) is 38.7 Å². The second kappa shape index (κ2) is 5.28. The van der Waals surface area contributed by atoms with E-state index < -0.39 is 0 Å². The second-order valence-electron chi connectivity index (χ2n) is 3.97. The van der Waals surface area contributed by atoms with Gasteiger partial charge in [0.15, 0.2) is 0 Å². The fraction of sp³-hybridized carbons (Fsp3) is 0. The van der Waals surface area contributed by atoms with Crippen LogP contribution in [0.15, 0.2) is 65.5 Å². The fourth-order valence-corrected chi connectivity index (χ4v) is 2.21. The van der Waals surface area contributed by atoms with Gasteiger partial charge in [-0.25, -0.2) is 0 Å². The molecular weight excluding hydrogens is 302 g/mol. The highest BCUT2D eigenvalue weighted by Gasteiger charge is 2.10. The predicted molar refractivity (Wildman–Crippen MR) is 78.4 cm³/mol. The van der Waals surface area contributed by atoms with E-state index >= 15 is 0 Å². The van der Waals surface area contributed by atoms with Crippen molar-refractivity contribution in [3.63, 3.8) is 0 Å². The molecule has 3 rings (SSSR count). The number of hydrogen-bond acceptors (Lipinski definition) is 3. The van der Waals surface area contributed by atoms with E-state index in [1.807, 2.05) is 42.5 Å². The number of aromatic nitrogens is 3. The van der Waals surface area contributed by atoms with Gasteiger partial charge in [0.25, 0.3) is 0 Å². The van der Waals surface area contributed by atoms with Gasteiger partial charge in [0.1, 0.15) is 0 Å². The Labute approximate surface area is 119 Å². The zero-order valence-corrected chi connectivity index (χ0v) is 11.6. The molecule has 0 saturated carbocycles. The Balaban J connectivity index is 2.18. The number of rotatable bonds is 2. The third kappa shape index (κ3) is 2.53. The first kappa shape index (κ1) is 12.0. The van der Waals surface area contributed by atoms with E-state index in [-0.39, 0.29) is 0 Å². The number of pyridine rings is 3. The van der Waals surface area contributed by atoms with Crippen molar-refractivity contribution in [3.8, 4) is 22.6 Å². The van der Waals surface area contributed by atoms with E-state index in [4.69, 9.17) is 0 Å². The molecule has 3 nitrogen and oxygen atoms in total. The minimum atomic E-state index is 0.829. The van der Waals surface area contributed by atoms with Gasteiger partial charge in [-0.05, 0) is 36.4 Å². The number of halogens is 1. The van der Waals surface area contributed by atoms with Crippen molar-refractivity contribution in [3.05, 3.63) is 65.5 Å². The lowest BCUT2D eigenvalue weighted by molar-refractivity contribution is 1.23. The third-order valence-electron chi connectivity index (χ3n) is 2.71. The summed E-state index contributed by atoms with van der Waals surface area (Å²) in [5.41, 5.74) is 3.54. The molecule has 19 heavy (non-hydrogen) atoms. The molecule has 3 aromatic heterocycles. The molecular formula is C15H10BrN3. The van der Waals surface area contributed by atoms with Gasteiger partial charge in [0, 0.05) is 28.6 Å². The van der Waals surface area contributed by atoms with Gasteiger partial charge in [-0.3, -0.25) is 15.0 Å². The summed E-state index contributed by atoms with van der Waals surface area (Å²) in [6.45, 7) is 0. The molecule has 0 aliphatic carbocycles. The van der Waals surface area contributed by atoms with Crippen molar-refractivity contribution in [2.45, 2.75) is 0 Å². The minimum absolute atomic E-state index is 0.829. The lowest BCUT2D eigenvalue weighted by Crippen LogP contribution is -1.92. The van der Waals surface area contributed by atoms with Gasteiger partial charge in [-0.1, -0.05) is 22.0 Å². The molecule has 4 heteroatoms. The highest BCUT2D eigenvalue weighted by atomic mass is 79.9. The van der Waals surface area contributed by atoms with Crippen LogP contribution in [0.4, 0.5) is 0 Å². The van der Waals surface area contributed by atoms with Crippen LogP contribution in [0.5, 0.6) is 0 Å². The average Bonchev–Trinajstić information content (AvgIpc) is 2.48. The maximum atomic E-state index is 4.44. The molecule has 0 aliphatic heterocycles. The first-order valence-corrected chi connectivity index (χ1v) is 6.62. The Hall–Kier alpha value is -2.07. The molecule has 3 aromatic rings. The van der Waals surface area contributed by atoms with Crippen LogP contribution in [0.1, 0.15) is 0 Å². The lowest BCUT2D eigenvalue weighted by Gasteiger charge is -2.07. The van der Waals surface area contributed by atoms with E-state index in [0.717, 1.165) is 27.1 Å². The molecule has 0 saturated heterocycles. The first-order valence-electron chi connectivity index (χ1n) is 5.83. The zero-order valence-electron chi connectivity index (χ0n) is 9.99. The smallest absolute Gasteiger partial charge is 0.0980 e. The first-order chi connectivity index (χ1) is 9.34. The molecule has 0 atom stereocenters. The van der Waals surface area contributed by atoms with Crippen LogP contribution in [-0.2, 0) is 0 Å². The van der Waals surface area contributed by atoms with Crippen molar-refractivity contribution in [1.29, 1.82) is 0 Å². The zero-order chi connectivity index (χ0) is 13.1. The fourth-order valence-electron chi connectivity index (χ4n) is 1.87. The van der Waals surface area contributed by atoms with Crippen LogP contribution in [0.3, 0.4) is 0 Å². The Morgan fingerprint density at radius 2 is 1.58 bits per heavy atom. The molecule has 0 radical (unpaired) electrons. The lowest BCUT2D eigenvalue weighted by atomic mass is 10.1. The number of nitrogens with zero attached hydrogens (tertiary/aromatic N) is 3. The SMILES string of the molecule is Brc1ccnc(-c2ncccc2-c2ccccn2)c1. The molecule has 0 aliphatic rings. The monoisotopic (exact) mass is 311 g/mol. The third-order valence-corrected chi connectivity index (χ3v) is 3.21. The van der Waals surface area contributed by atoms with Crippen molar-refractivity contribution in [2.24, 2.45) is 0 Å². The van der Waals surface area contributed by atoms with Gasteiger partial charge in [0.05, 0.1) is 17.1 Å². The van der Waals surface area contributed by atoms with Crippen LogP contribution in [0.2, 0.25) is 0 Å². The second-order valence-corrected chi connectivity index (χ2v) is 4.89. The summed E-state index contributed by atoms with van der Waals surface area (Å²) in [7, 11) is 0. The summed E-state index contributed by atoms with van der Waals surface area (Å²) in [6.07, 6.45) is 5.31. The van der Waals surface area contributed by atoms with Crippen LogP contribution >= 0.6 is 15.9 Å². The van der Waals surface area contributed by atoms with Crippen LogP contribution in [-0.4, -0.2) is 15.0 Å². The van der Waals surface area contributed by atoms with Crippen molar-refractivity contribution < 1.29 is 0 Å². The van der Waals surface area contributed by atoms with E-state index in [2.05, 4.69) is 30.9 Å².